The number of nitrogens with zero attached hydrogens (tertiary/aromatic N) is 2. The zero-order chi connectivity index (χ0) is 23.7. The van der Waals surface area contributed by atoms with Crippen molar-refractivity contribution in [2.24, 2.45) is 0 Å². The number of piperidine rings is 1. The Morgan fingerprint density at radius 3 is 2.65 bits per heavy atom. The van der Waals surface area contributed by atoms with Gasteiger partial charge in [-0.05, 0) is 30.3 Å². The van der Waals surface area contributed by atoms with Gasteiger partial charge in [0.15, 0.2) is 17.1 Å². The van der Waals surface area contributed by atoms with Gasteiger partial charge in [-0.1, -0.05) is 11.6 Å². The normalized spacial score (nSPS) is 16.6. The lowest BCUT2D eigenvalue weighted by molar-refractivity contribution is -0.0153. The van der Waals surface area contributed by atoms with Crippen LogP contribution in [0.1, 0.15) is 24.1 Å². The Kier molecular flexibility index (Phi) is 6.42. The van der Waals surface area contributed by atoms with E-state index in [0.29, 0.717) is 41.8 Å². The van der Waals surface area contributed by atoms with Gasteiger partial charge in [-0.25, -0.2) is 4.39 Å². The lowest BCUT2D eigenvalue weighted by atomic mass is 9.86. The maximum absolute atomic E-state index is 14.9. The Balaban J connectivity index is 1.31. The zero-order valence-electron chi connectivity index (χ0n) is 19.4. The first-order valence-corrected chi connectivity index (χ1v) is 11.8. The van der Waals surface area contributed by atoms with E-state index in [-0.39, 0.29) is 5.82 Å². The molecule has 34 heavy (non-hydrogen) atoms. The van der Waals surface area contributed by atoms with Crippen LogP contribution in [0.5, 0.6) is 17.2 Å². The number of halogens is 2. The molecule has 1 saturated heterocycles. The fourth-order valence-corrected chi connectivity index (χ4v) is 5.03. The van der Waals surface area contributed by atoms with Gasteiger partial charge in [0.1, 0.15) is 18.2 Å². The van der Waals surface area contributed by atoms with E-state index >= 15 is 0 Å². The van der Waals surface area contributed by atoms with Crippen LogP contribution in [0.4, 0.5) is 4.39 Å². The standard InChI is InChI=1S/C26H28ClFN2O4/c1-31-12-13-33-24-16-20(28)18(14-23(24)32-2)17-29-10-7-26(8-11-29)25-4-3-9-30(25)21-6-5-19(27)15-22(21)34-26/h3-6,9,14-16H,7-8,10-13,17H2,1-2H3. The first kappa shape index (κ1) is 23.0. The molecule has 0 atom stereocenters. The number of likely N-dealkylation sites (tertiary alicyclic amines) is 1. The molecule has 0 bridgehead atoms. The number of fused-ring (bicyclic) bond motifs is 4. The molecule has 5 rings (SSSR count). The van der Waals surface area contributed by atoms with E-state index in [2.05, 4.69) is 27.8 Å². The van der Waals surface area contributed by atoms with Crippen LogP contribution >= 0.6 is 11.6 Å². The first-order chi connectivity index (χ1) is 16.5. The minimum Gasteiger partial charge on any atom is -0.493 e. The molecule has 0 aliphatic carbocycles. The summed E-state index contributed by atoms with van der Waals surface area (Å²) >= 11 is 6.25. The number of ether oxygens (including phenoxy) is 4. The molecule has 3 aromatic rings. The van der Waals surface area contributed by atoms with Crippen LogP contribution in [-0.4, -0.2) is 50.0 Å². The monoisotopic (exact) mass is 486 g/mol. The molecule has 1 spiro atoms. The molecular weight excluding hydrogens is 459 g/mol. The Hall–Kier alpha value is -2.74. The third-order valence-electron chi connectivity index (χ3n) is 6.64. The van der Waals surface area contributed by atoms with Gasteiger partial charge in [-0.3, -0.25) is 4.90 Å². The molecule has 0 amide bonds. The summed E-state index contributed by atoms with van der Waals surface area (Å²) in [6.07, 6.45) is 3.65. The topological polar surface area (TPSA) is 45.1 Å². The van der Waals surface area contributed by atoms with Gasteiger partial charge >= 0.3 is 0 Å². The number of methoxy groups -OCH3 is 2. The predicted molar refractivity (Wildman–Crippen MR) is 128 cm³/mol. The predicted octanol–water partition coefficient (Wildman–Crippen LogP) is 5.19. The van der Waals surface area contributed by atoms with Crippen molar-refractivity contribution in [3.63, 3.8) is 0 Å². The third kappa shape index (κ3) is 4.24. The molecule has 1 fully saturated rings. The molecule has 2 aliphatic heterocycles. The lowest BCUT2D eigenvalue weighted by Gasteiger charge is -2.45. The molecule has 0 N–H and O–H groups in total. The highest BCUT2D eigenvalue weighted by molar-refractivity contribution is 6.30. The summed E-state index contributed by atoms with van der Waals surface area (Å²) < 4.78 is 39.7. The molecular formula is C26H28ClFN2O4. The van der Waals surface area contributed by atoms with Crippen LogP contribution in [0.2, 0.25) is 5.02 Å². The number of aromatic nitrogens is 1. The summed E-state index contributed by atoms with van der Waals surface area (Å²) in [5.74, 6) is 1.39. The summed E-state index contributed by atoms with van der Waals surface area (Å²) in [5.41, 5.74) is 2.30. The summed E-state index contributed by atoms with van der Waals surface area (Å²) in [7, 11) is 3.15. The highest BCUT2D eigenvalue weighted by atomic mass is 35.5. The van der Waals surface area contributed by atoms with Crippen molar-refractivity contribution in [1.29, 1.82) is 0 Å². The maximum atomic E-state index is 14.9. The summed E-state index contributed by atoms with van der Waals surface area (Å²) in [5, 5.41) is 0.654. The van der Waals surface area contributed by atoms with E-state index in [1.54, 1.807) is 20.3 Å². The molecule has 0 saturated carbocycles. The van der Waals surface area contributed by atoms with Gasteiger partial charge in [-0.2, -0.15) is 0 Å². The zero-order valence-corrected chi connectivity index (χ0v) is 20.1. The number of hydrogen-bond acceptors (Lipinski definition) is 5. The molecule has 3 heterocycles. The van der Waals surface area contributed by atoms with Crippen LogP contribution in [0, 0.1) is 5.82 Å². The molecule has 0 radical (unpaired) electrons. The van der Waals surface area contributed by atoms with Crippen molar-refractivity contribution in [2.45, 2.75) is 25.0 Å². The van der Waals surface area contributed by atoms with Crippen LogP contribution in [0.25, 0.3) is 5.69 Å². The highest BCUT2D eigenvalue weighted by Gasteiger charge is 2.43. The number of benzene rings is 2. The minimum absolute atomic E-state index is 0.306. The molecule has 8 heteroatoms. The Morgan fingerprint density at radius 2 is 1.88 bits per heavy atom. The summed E-state index contributed by atoms with van der Waals surface area (Å²) in [6, 6.07) is 13.0. The fourth-order valence-electron chi connectivity index (χ4n) is 4.87. The van der Waals surface area contributed by atoms with Crippen molar-refractivity contribution in [3.8, 4) is 22.9 Å². The van der Waals surface area contributed by atoms with Gasteiger partial charge in [0.25, 0.3) is 0 Å². The van der Waals surface area contributed by atoms with Gasteiger partial charge < -0.3 is 23.5 Å². The first-order valence-electron chi connectivity index (χ1n) is 11.4. The van der Waals surface area contributed by atoms with E-state index in [1.165, 1.54) is 6.07 Å². The SMILES string of the molecule is COCCOc1cc(F)c(CN2CCC3(CC2)Oc2cc(Cl)ccc2-n2cccc23)cc1OC. The lowest BCUT2D eigenvalue weighted by Crippen LogP contribution is -2.48. The largest absolute Gasteiger partial charge is 0.493 e. The van der Waals surface area contributed by atoms with E-state index in [9.17, 15) is 4.39 Å². The van der Waals surface area contributed by atoms with Crippen molar-refractivity contribution in [2.75, 3.05) is 40.5 Å². The van der Waals surface area contributed by atoms with E-state index in [1.807, 2.05) is 18.2 Å². The van der Waals surface area contributed by atoms with Gasteiger partial charge in [0.05, 0.1) is 25.1 Å². The van der Waals surface area contributed by atoms with Crippen molar-refractivity contribution < 1.29 is 23.3 Å². The molecule has 0 unspecified atom stereocenters. The van der Waals surface area contributed by atoms with E-state index in [4.69, 9.17) is 30.5 Å². The van der Waals surface area contributed by atoms with Crippen molar-refractivity contribution in [1.82, 2.24) is 9.47 Å². The van der Waals surface area contributed by atoms with Crippen LogP contribution in [-0.2, 0) is 16.9 Å². The second kappa shape index (κ2) is 9.49. The van der Waals surface area contributed by atoms with E-state index in [0.717, 1.165) is 43.1 Å². The molecule has 180 valence electrons. The number of hydrogen-bond donors (Lipinski definition) is 0. The third-order valence-corrected chi connectivity index (χ3v) is 6.87. The Bertz CT molecular complexity index is 1170. The second-order valence-electron chi connectivity index (χ2n) is 8.68. The molecule has 1 aromatic heterocycles. The average Bonchev–Trinajstić information content (AvgIpc) is 3.33. The van der Waals surface area contributed by atoms with Gasteiger partial charge in [-0.15, -0.1) is 0 Å². The van der Waals surface area contributed by atoms with Crippen molar-refractivity contribution >= 4 is 11.6 Å². The van der Waals surface area contributed by atoms with Crippen LogP contribution in [0.3, 0.4) is 0 Å². The van der Waals surface area contributed by atoms with E-state index < -0.39 is 5.60 Å². The average molecular weight is 487 g/mol. The van der Waals surface area contributed by atoms with Gasteiger partial charge in [0.2, 0.25) is 0 Å². The minimum atomic E-state index is -0.424. The quantitative estimate of drug-likeness (QED) is 0.430. The molecule has 6 nitrogen and oxygen atoms in total. The Morgan fingerprint density at radius 1 is 1.06 bits per heavy atom. The van der Waals surface area contributed by atoms with Crippen LogP contribution < -0.4 is 14.2 Å². The van der Waals surface area contributed by atoms with Crippen LogP contribution in [0.15, 0.2) is 48.7 Å². The Labute approximate surface area is 203 Å². The fraction of sp³-hybridized carbons (Fsp3) is 0.385. The molecule has 2 aliphatic rings. The number of rotatable bonds is 7. The second-order valence-corrected chi connectivity index (χ2v) is 9.12. The molecule has 2 aromatic carbocycles. The summed E-state index contributed by atoms with van der Waals surface area (Å²) in [6.45, 7) is 2.78. The van der Waals surface area contributed by atoms with Crippen molar-refractivity contribution in [3.05, 3.63) is 70.8 Å². The summed E-state index contributed by atoms with van der Waals surface area (Å²) in [4.78, 5) is 2.25. The smallest absolute Gasteiger partial charge is 0.164 e. The highest BCUT2D eigenvalue weighted by Crippen LogP contribution is 2.46. The van der Waals surface area contributed by atoms with Gasteiger partial charge in [0, 0.05) is 68.5 Å². The maximum Gasteiger partial charge on any atom is 0.164 e.